The van der Waals surface area contributed by atoms with E-state index in [0.29, 0.717) is 19.4 Å². The van der Waals surface area contributed by atoms with E-state index in [-0.39, 0.29) is 0 Å². The van der Waals surface area contributed by atoms with Crippen molar-refractivity contribution in [2.24, 2.45) is 0 Å². The van der Waals surface area contributed by atoms with Crippen molar-refractivity contribution in [3.8, 4) is 0 Å². The van der Waals surface area contributed by atoms with Gasteiger partial charge in [-0.3, -0.25) is 4.79 Å². The van der Waals surface area contributed by atoms with Gasteiger partial charge in [0.2, 0.25) is 0 Å². The molecule has 3 N–H and O–H groups in total. The van der Waals surface area contributed by atoms with Gasteiger partial charge in [0.25, 0.3) is 0 Å². The van der Waals surface area contributed by atoms with Gasteiger partial charge in [0.1, 0.15) is 6.04 Å². The van der Waals surface area contributed by atoms with Gasteiger partial charge in [0, 0.05) is 0 Å². The molecule has 0 radical (unpaired) electrons. The van der Waals surface area contributed by atoms with Crippen molar-refractivity contribution in [1.82, 2.24) is 5.32 Å². The number of benzene rings is 1. The maximum Gasteiger partial charge on any atom is 0.320 e. The number of rotatable bonds is 9. The Balaban J connectivity index is 2.38. The molecule has 20 heavy (non-hydrogen) atoms. The van der Waals surface area contributed by atoms with Gasteiger partial charge >= 0.3 is 5.97 Å². The average Bonchev–Trinajstić information content (AvgIpc) is 2.42. The summed E-state index contributed by atoms with van der Waals surface area (Å²) in [6, 6.07) is 7.20. The molecule has 0 amide bonds. The van der Waals surface area contributed by atoms with Crippen LogP contribution in [0.4, 0.5) is 0 Å². The fourth-order valence-corrected chi connectivity index (χ4v) is 2.37. The lowest BCUT2D eigenvalue weighted by Gasteiger charge is -2.16. The predicted octanol–water partition coefficient (Wildman–Crippen LogP) is 2.21. The topological polar surface area (TPSA) is 69.6 Å². The standard InChI is InChI=1S/C15H23NO3S/c1-11-3-5-12(6-4-11)14(17)7-9-16-13(15(18)19)8-10-20-2/h3-6,13-14,16-17H,7-10H2,1-2H3,(H,18,19)/t13-,14+/m1/s1. The van der Waals surface area contributed by atoms with Crippen LogP contribution in [0.3, 0.4) is 0 Å². The lowest BCUT2D eigenvalue weighted by atomic mass is 10.0. The quantitative estimate of drug-likeness (QED) is 0.652. The highest BCUT2D eigenvalue weighted by Crippen LogP contribution is 2.16. The Labute approximate surface area is 124 Å². The first-order chi connectivity index (χ1) is 9.54. The highest BCUT2D eigenvalue weighted by atomic mass is 32.2. The van der Waals surface area contributed by atoms with Crippen molar-refractivity contribution in [2.75, 3.05) is 18.6 Å². The smallest absolute Gasteiger partial charge is 0.320 e. The third-order valence-electron chi connectivity index (χ3n) is 3.18. The number of nitrogens with one attached hydrogen (secondary N) is 1. The van der Waals surface area contributed by atoms with Crippen LogP contribution in [0, 0.1) is 6.92 Å². The second-order valence-electron chi connectivity index (χ2n) is 4.84. The van der Waals surface area contributed by atoms with E-state index in [1.165, 1.54) is 0 Å². The Kier molecular flexibility index (Phi) is 7.65. The molecule has 4 nitrogen and oxygen atoms in total. The third-order valence-corrected chi connectivity index (χ3v) is 3.82. The fourth-order valence-electron chi connectivity index (χ4n) is 1.90. The van der Waals surface area contributed by atoms with E-state index in [0.717, 1.165) is 16.9 Å². The van der Waals surface area contributed by atoms with Crippen molar-refractivity contribution in [1.29, 1.82) is 0 Å². The summed E-state index contributed by atoms with van der Waals surface area (Å²) >= 11 is 1.63. The first-order valence-corrected chi connectivity index (χ1v) is 8.13. The van der Waals surface area contributed by atoms with Crippen LogP contribution in [0.25, 0.3) is 0 Å². The average molecular weight is 297 g/mol. The first-order valence-electron chi connectivity index (χ1n) is 6.74. The summed E-state index contributed by atoms with van der Waals surface area (Å²) in [6.45, 7) is 2.49. The fraction of sp³-hybridized carbons (Fsp3) is 0.533. The van der Waals surface area contributed by atoms with Crippen LogP contribution in [0.2, 0.25) is 0 Å². The molecule has 0 fully saturated rings. The molecule has 2 atom stereocenters. The van der Waals surface area contributed by atoms with E-state index in [4.69, 9.17) is 5.11 Å². The molecule has 0 aromatic heterocycles. The summed E-state index contributed by atoms with van der Waals surface area (Å²) in [5, 5.41) is 22.1. The zero-order chi connectivity index (χ0) is 15.0. The molecular formula is C15H23NO3S. The SMILES string of the molecule is CSCC[C@@H](NCC[C@H](O)c1ccc(C)cc1)C(=O)O. The van der Waals surface area contributed by atoms with Gasteiger partial charge in [0.05, 0.1) is 6.10 Å². The molecule has 0 aliphatic heterocycles. The van der Waals surface area contributed by atoms with E-state index in [9.17, 15) is 9.90 Å². The molecular weight excluding hydrogens is 274 g/mol. The van der Waals surface area contributed by atoms with E-state index in [1.54, 1.807) is 11.8 Å². The van der Waals surface area contributed by atoms with Crippen LogP contribution in [0.15, 0.2) is 24.3 Å². The van der Waals surface area contributed by atoms with Gasteiger partial charge in [-0.05, 0) is 43.9 Å². The van der Waals surface area contributed by atoms with E-state index in [2.05, 4.69) is 5.32 Å². The monoisotopic (exact) mass is 297 g/mol. The second-order valence-corrected chi connectivity index (χ2v) is 5.83. The lowest BCUT2D eigenvalue weighted by Crippen LogP contribution is -2.38. The molecule has 0 unspecified atom stereocenters. The lowest BCUT2D eigenvalue weighted by molar-refractivity contribution is -0.139. The Morgan fingerprint density at radius 2 is 1.95 bits per heavy atom. The largest absolute Gasteiger partial charge is 0.480 e. The number of carbonyl (C=O) groups is 1. The van der Waals surface area contributed by atoms with Crippen molar-refractivity contribution >= 4 is 17.7 Å². The number of carboxylic acid groups (broad SMARTS) is 1. The Bertz CT molecular complexity index is 408. The van der Waals surface area contributed by atoms with E-state index in [1.807, 2.05) is 37.4 Å². The van der Waals surface area contributed by atoms with Gasteiger partial charge in [-0.1, -0.05) is 29.8 Å². The minimum Gasteiger partial charge on any atom is -0.480 e. The Hall–Kier alpha value is -1.04. The van der Waals surface area contributed by atoms with Gasteiger partial charge < -0.3 is 15.5 Å². The summed E-state index contributed by atoms with van der Waals surface area (Å²) < 4.78 is 0. The predicted molar refractivity (Wildman–Crippen MR) is 83.2 cm³/mol. The number of aliphatic hydroxyl groups excluding tert-OH is 1. The van der Waals surface area contributed by atoms with Crippen LogP contribution in [-0.4, -0.2) is 40.8 Å². The molecule has 0 saturated carbocycles. The minimum atomic E-state index is -0.830. The molecule has 1 aromatic rings. The zero-order valence-electron chi connectivity index (χ0n) is 12.0. The molecule has 0 aliphatic rings. The van der Waals surface area contributed by atoms with Gasteiger partial charge in [-0.15, -0.1) is 0 Å². The molecule has 1 aromatic carbocycles. The molecule has 0 saturated heterocycles. The Morgan fingerprint density at radius 3 is 2.50 bits per heavy atom. The third kappa shape index (κ3) is 5.94. The van der Waals surface area contributed by atoms with E-state index < -0.39 is 18.1 Å². The maximum absolute atomic E-state index is 11.1. The number of thioether (sulfide) groups is 1. The van der Waals surface area contributed by atoms with Crippen LogP contribution in [0.5, 0.6) is 0 Å². The number of aliphatic carboxylic acids is 1. The molecule has 0 spiro atoms. The zero-order valence-corrected chi connectivity index (χ0v) is 12.8. The molecule has 5 heteroatoms. The van der Waals surface area contributed by atoms with Crippen LogP contribution in [-0.2, 0) is 4.79 Å². The van der Waals surface area contributed by atoms with Crippen molar-refractivity contribution < 1.29 is 15.0 Å². The van der Waals surface area contributed by atoms with Crippen molar-refractivity contribution in [2.45, 2.75) is 31.9 Å². The number of carboxylic acids is 1. The summed E-state index contributed by atoms with van der Waals surface area (Å²) in [7, 11) is 0. The number of hydrogen-bond donors (Lipinski definition) is 3. The van der Waals surface area contributed by atoms with Crippen LogP contribution in [0.1, 0.15) is 30.1 Å². The van der Waals surface area contributed by atoms with Gasteiger partial charge in [0.15, 0.2) is 0 Å². The number of hydrogen-bond acceptors (Lipinski definition) is 4. The second kappa shape index (κ2) is 9.00. The van der Waals surface area contributed by atoms with Crippen molar-refractivity contribution in [3.63, 3.8) is 0 Å². The molecule has 0 aliphatic carbocycles. The highest BCUT2D eigenvalue weighted by molar-refractivity contribution is 7.98. The van der Waals surface area contributed by atoms with E-state index >= 15 is 0 Å². The minimum absolute atomic E-state index is 0.486. The van der Waals surface area contributed by atoms with Crippen LogP contribution >= 0.6 is 11.8 Å². The summed E-state index contributed by atoms with van der Waals surface area (Å²) in [5.41, 5.74) is 2.02. The highest BCUT2D eigenvalue weighted by Gasteiger charge is 2.16. The number of aryl methyl sites for hydroxylation is 1. The van der Waals surface area contributed by atoms with Gasteiger partial charge in [-0.25, -0.2) is 0 Å². The molecule has 1 rings (SSSR count). The van der Waals surface area contributed by atoms with Gasteiger partial charge in [-0.2, -0.15) is 11.8 Å². The summed E-state index contributed by atoms with van der Waals surface area (Å²) in [6.07, 6.45) is 2.50. The normalized spacial score (nSPS) is 13.9. The van der Waals surface area contributed by atoms with Crippen molar-refractivity contribution in [3.05, 3.63) is 35.4 Å². The van der Waals surface area contributed by atoms with Crippen LogP contribution < -0.4 is 5.32 Å². The summed E-state index contributed by atoms with van der Waals surface area (Å²) in [5.74, 6) is -0.0197. The maximum atomic E-state index is 11.1. The molecule has 112 valence electrons. The first kappa shape index (κ1) is 17.0. The Morgan fingerprint density at radius 1 is 1.30 bits per heavy atom. The molecule has 0 bridgehead atoms. The number of aliphatic hydroxyl groups is 1. The molecule has 0 heterocycles. The summed E-state index contributed by atoms with van der Waals surface area (Å²) in [4.78, 5) is 11.1.